The van der Waals surface area contributed by atoms with Crippen molar-refractivity contribution in [3.63, 3.8) is 0 Å². The van der Waals surface area contributed by atoms with Crippen LogP contribution < -0.4 is 0 Å². The van der Waals surface area contributed by atoms with E-state index in [1.54, 1.807) is 0 Å². The second kappa shape index (κ2) is 14.2. The molecule has 5 heterocycles. The van der Waals surface area contributed by atoms with Crippen molar-refractivity contribution >= 4 is 43.6 Å². The van der Waals surface area contributed by atoms with Gasteiger partial charge in [-0.05, 0) is 64.4 Å². The van der Waals surface area contributed by atoms with Crippen molar-refractivity contribution in [1.82, 2.24) is 34.9 Å². The Morgan fingerprint density at radius 3 is 1.07 bits per heavy atom. The van der Waals surface area contributed by atoms with Gasteiger partial charge < -0.3 is 0 Å². The molecule has 5 aromatic carbocycles. The van der Waals surface area contributed by atoms with E-state index in [2.05, 4.69) is 169 Å². The van der Waals surface area contributed by atoms with E-state index in [0.29, 0.717) is 17.5 Å². The standard InChI is InChI=1S/C53H43N7/c1-52(2,3)41-21-15-36(16-22-41)49-58-50(37-17-23-42(24-18-37)53(4,5)6)60-51(59-49)40-30-38(43-25-19-34-13-11-32-9-7-27-54-45(32)47(34)56-43)29-39(31-40)44-26-20-35-14-12-33-10-8-28-55-46(33)48(35)57-44/h7-31H,1-6H3. The van der Waals surface area contributed by atoms with Gasteiger partial charge >= 0.3 is 0 Å². The van der Waals surface area contributed by atoms with E-state index in [1.165, 1.54) is 11.1 Å². The lowest BCUT2D eigenvalue weighted by Gasteiger charge is -2.19. The summed E-state index contributed by atoms with van der Waals surface area (Å²) in [5.74, 6) is 1.76. The summed E-state index contributed by atoms with van der Waals surface area (Å²) in [6, 6.07) is 48.4. The Labute approximate surface area is 349 Å². The van der Waals surface area contributed by atoms with Crippen LogP contribution in [0.4, 0.5) is 0 Å². The van der Waals surface area contributed by atoms with Crippen molar-refractivity contribution in [2.24, 2.45) is 0 Å². The minimum atomic E-state index is 0.0118. The SMILES string of the molecule is CC(C)(C)c1ccc(-c2nc(-c3ccc(C(C)(C)C)cc3)nc(-c3cc(-c4ccc5ccc6cccnc6c5n4)cc(-c4ccc5ccc6cccnc6c5n4)c3)n2)cc1. The molecule has 0 saturated heterocycles. The molecule has 290 valence electrons. The maximum atomic E-state index is 5.27. The van der Waals surface area contributed by atoms with Gasteiger partial charge in [0.15, 0.2) is 17.5 Å². The third kappa shape index (κ3) is 6.92. The zero-order valence-electron chi connectivity index (χ0n) is 34.6. The lowest BCUT2D eigenvalue weighted by Crippen LogP contribution is -2.10. The molecule has 0 bridgehead atoms. The molecular formula is C53H43N7. The van der Waals surface area contributed by atoms with Gasteiger partial charge in [-0.1, -0.05) is 139 Å². The highest BCUT2D eigenvalue weighted by atomic mass is 15.0. The minimum absolute atomic E-state index is 0.0118. The van der Waals surface area contributed by atoms with Crippen LogP contribution in [0.1, 0.15) is 52.7 Å². The molecule has 0 atom stereocenters. The number of benzene rings is 5. The van der Waals surface area contributed by atoms with Crippen LogP contribution >= 0.6 is 0 Å². The second-order valence-corrected chi connectivity index (χ2v) is 17.6. The number of pyridine rings is 4. The molecule has 0 aliphatic heterocycles. The topological polar surface area (TPSA) is 90.2 Å². The van der Waals surface area contributed by atoms with Gasteiger partial charge in [0.1, 0.15) is 0 Å². The molecule has 7 nitrogen and oxygen atoms in total. The molecule has 0 spiro atoms. The van der Waals surface area contributed by atoms with E-state index in [4.69, 9.17) is 34.9 Å². The molecule has 10 rings (SSSR count). The van der Waals surface area contributed by atoms with Gasteiger partial charge in [-0.3, -0.25) is 9.97 Å². The highest BCUT2D eigenvalue weighted by molar-refractivity contribution is 6.04. The predicted molar refractivity (Wildman–Crippen MR) is 246 cm³/mol. The van der Waals surface area contributed by atoms with Crippen LogP contribution in [-0.4, -0.2) is 34.9 Å². The Kier molecular flexibility index (Phi) is 8.79. The maximum absolute atomic E-state index is 5.27. The lowest BCUT2D eigenvalue weighted by molar-refractivity contribution is 0.590. The minimum Gasteiger partial charge on any atom is -0.254 e. The van der Waals surface area contributed by atoms with Crippen molar-refractivity contribution in [1.29, 1.82) is 0 Å². The fourth-order valence-electron chi connectivity index (χ4n) is 7.82. The van der Waals surface area contributed by atoms with Crippen LogP contribution in [0.15, 0.2) is 152 Å². The van der Waals surface area contributed by atoms with Crippen LogP contribution in [0.2, 0.25) is 0 Å². The predicted octanol–water partition coefficient (Wildman–Crippen LogP) is 13.0. The first-order chi connectivity index (χ1) is 28.9. The molecule has 60 heavy (non-hydrogen) atoms. The fourth-order valence-corrected chi connectivity index (χ4v) is 7.82. The van der Waals surface area contributed by atoms with Gasteiger partial charge in [-0.25, -0.2) is 24.9 Å². The summed E-state index contributed by atoms with van der Waals surface area (Å²) in [5.41, 5.74) is 12.0. The van der Waals surface area contributed by atoms with Gasteiger partial charge in [0, 0.05) is 61.8 Å². The van der Waals surface area contributed by atoms with Crippen LogP contribution in [0.25, 0.3) is 100 Å². The first kappa shape index (κ1) is 37.0. The number of fused-ring (bicyclic) bond motifs is 6. The third-order valence-corrected chi connectivity index (χ3v) is 11.3. The van der Waals surface area contributed by atoms with Gasteiger partial charge in [-0.15, -0.1) is 0 Å². The average molecular weight is 778 g/mol. The summed E-state index contributed by atoms with van der Waals surface area (Å²) in [4.78, 5) is 35.6. The molecule has 0 N–H and O–H groups in total. The highest BCUT2D eigenvalue weighted by Gasteiger charge is 2.19. The first-order valence-electron chi connectivity index (χ1n) is 20.4. The van der Waals surface area contributed by atoms with Crippen molar-refractivity contribution in [2.75, 3.05) is 0 Å². The quantitative estimate of drug-likeness (QED) is 0.161. The maximum Gasteiger partial charge on any atom is 0.164 e. The zero-order valence-corrected chi connectivity index (χ0v) is 34.6. The summed E-state index contributed by atoms with van der Waals surface area (Å²) in [7, 11) is 0. The second-order valence-electron chi connectivity index (χ2n) is 17.6. The molecule has 5 aromatic heterocycles. The van der Waals surface area contributed by atoms with Crippen molar-refractivity contribution in [3.8, 4) is 56.7 Å². The normalized spacial score (nSPS) is 12.2. The Hall–Kier alpha value is -7.25. The van der Waals surface area contributed by atoms with Gasteiger partial charge in [0.05, 0.1) is 33.5 Å². The van der Waals surface area contributed by atoms with Crippen LogP contribution in [0.3, 0.4) is 0 Å². The van der Waals surface area contributed by atoms with Gasteiger partial charge in [0.25, 0.3) is 0 Å². The van der Waals surface area contributed by atoms with Crippen molar-refractivity contribution < 1.29 is 0 Å². The third-order valence-electron chi connectivity index (χ3n) is 11.3. The van der Waals surface area contributed by atoms with E-state index in [0.717, 1.165) is 82.8 Å². The summed E-state index contributed by atoms with van der Waals surface area (Å²) in [6.45, 7) is 13.3. The zero-order chi connectivity index (χ0) is 41.2. The van der Waals surface area contributed by atoms with Gasteiger partial charge in [-0.2, -0.15) is 0 Å². The van der Waals surface area contributed by atoms with Crippen LogP contribution in [-0.2, 0) is 10.8 Å². The van der Waals surface area contributed by atoms with E-state index in [1.807, 2.05) is 24.5 Å². The summed E-state index contributed by atoms with van der Waals surface area (Å²) in [5, 5.41) is 4.14. The van der Waals surface area contributed by atoms with E-state index < -0.39 is 0 Å². The molecule has 0 saturated carbocycles. The van der Waals surface area contributed by atoms with E-state index >= 15 is 0 Å². The van der Waals surface area contributed by atoms with Crippen LogP contribution in [0, 0.1) is 0 Å². The molecule has 7 heteroatoms. The number of hydrogen-bond donors (Lipinski definition) is 0. The Morgan fingerprint density at radius 1 is 0.317 bits per heavy atom. The Balaban J connectivity index is 1.20. The summed E-state index contributed by atoms with van der Waals surface area (Å²) < 4.78 is 0. The molecule has 10 aromatic rings. The number of aromatic nitrogens is 7. The van der Waals surface area contributed by atoms with Crippen LogP contribution in [0.5, 0.6) is 0 Å². The van der Waals surface area contributed by atoms with Gasteiger partial charge in [0.2, 0.25) is 0 Å². The Bertz CT molecular complexity index is 3060. The van der Waals surface area contributed by atoms with E-state index in [9.17, 15) is 0 Å². The van der Waals surface area contributed by atoms with Crippen molar-refractivity contribution in [2.45, 2.75) is 52.4 Å². The molecule has 0 radical (unpaired) electrons. The van der Waals surface area contributed by atoms with Crippen molar-refractivity contribution in [3.05, 3.63) is 163 Å². The molecule has 0 amide bonds. The fraction of sp³-hybridized carbons (Fsp3) is 0.151. The largest absolute Gasteiger partial charge is 0.254 e. The molecule has 0 aliphatic rings. The smallest absolute Gasteiger partial charge is 0.164 e. The molecular weight excluding hydrogens is 735 g/mol. The monoisotopic (exact) mass is 777 g/mol. The average Bonchev–Trinajstić information content (AvgIpc) is 3.27. The first-order valence-corrected chi connectivity index (χ1v) is 20.4. The number of rotatable bonds is 5. The molecule has 0 unspecified atom stereocenters. The Morgan fingerprint density at radius 2 is 0.667 bits per heavy atom. The summed E-state index contributed by atoms with van der Waals surface area (Å²) in [6.07, 6.45) is 3.64. The summed E-state index contributed by atoms with van der Waals surface area (Å²) >= 11 is 0. The highest BCUT2D eigenvalue weighted by Crippen LogP contribution is 2.36. The number of hydrogen-bond acceptors (Lipinski definition) is 7. The molecule has 0 fully saturated rings. The molecule has 0 aliphatic carbocycles. The lowest BCUT2D eigenvalue weighted by atomic mass is 9.86. The number of nitrogens with zero attached hydrogens (tertiary/aromatic N) is 7. The van der Waals surface area contributed by atoms with E-state index in [-0.39, 0.29) is 10.8 Å².